The minimum Gasteiger partial charge on any atom is -0.493 e. The minimum atomic E-state index is -0.0971. The summed E-state index contributed by atoms with van der Waals surface area (Å²) in [7, 11) is 0. The third kappa shape index (κ3) is 2.92. The van der Waals surface area contributed by atoms with Gasteiger partial charge in [-0.05, 0) is 38.0 Å². The predicted octanol–water partition coefficient (Wildman–Crippen LogP) is 4.79. The molecule has 5 nitrogen and oxygen atoms in total. The van der Waals surface area contributed by atoms with E-state index in [1.165, 1.54) is 0 Å². The average Bonchev–Trinajstić information content (AvgIpc) is 2.93. The van der Waals surface area contributed by atoms with Gasteiger partial charge in [-0.2, -0.15) is 0 Å². The average molecular weight is 379 g/mol. The van der Waals surface area contributed by atoms with E-state index in [-0.39, 0.29) is 5.92 Å². The summed E-state index contributed by atoms with van der Waals surface area (Å²) in [5.41, 5.74) is 9.58. The molecule has 2 N–H and O–H groups in total. The number of nitrogen functional groups attached to an aromatic ring is 1. The van der Waals surface area contributed by atoms with Gasteiger partial charge in [0.1, 0.15) is 17.1 Å². The van der Waals surface area contributed by atoms with Crippen LogP contribution in [0.3, 0.4) is 0 Å². The lowest BCUT2D eigenvalue weighted by Crippen LogP contribution is -2.08. The molecule has 2 heterocycles. The van der Waals surface area contributed by atoms with Crippen molar-refractivity contribution in [3.05, 3.63) is 51.2 Å². The molecule has 1 unspecified atom stereocenters. The van der Waals surface area contributed by atoms with Crippen molar-refractivity contribution in [3.63, 3.8) is 0 Å². The van der Waals surface area contributed by atoms with E-state index in [9.17, 15) is 0 Å². The van der Waals surface area contributed by atoms with Gasteiger partial charge in [0.2, 0.25) is 0 Å². The van der Waals surface area contributed by atoms with Crippen LogP contribution in [0.15, 0.2) is 18.5 Å². The van der Waals surface area contributed by atoms with Crippen molar-refractivity contribution in [1.29, 1.82) is 0 Å². The van der Waals surface area contributed by atoms with E-state index < -0.39 is 0 Å². The highest BCUT2D eigenvalue weighted by Crippen LogP contribution is 2.39. The van der Waals surface area contributed by atoms with E-state index in [0.717, 1.165) is 28.3 Å². The number of aromatic nitrogens is 3. The molecule has 1 atom stereocenters. The van der Waals surface area contributed by atoms with Crippen LogP contribution in [0.1, 0.15) is 42.3 Å². The van der Waals surface area contributed by atoms with Crippen molar-refractivity contribution in [2.24, 2.45) is 0 Å². The van der Waals surface area contributed by atoms with Crippen LogP contribution < -0.4 is 10.5 Å². The number of nitrogens with two attached hydrogens (primary N) is 1. The molecular formula is C18H20Cl2N4O. The van der Waals surface area contributed by atoms with Crippen LogP contribution >= 0.6 is 23.2 Å². The molecule has 0 fully saturated rings. The monoisotopic (exact) mass is 378 g/mol. The maximum Gasteiger partial charge on any atom is 0.158 e. The van der Waals surface area contributed by atoms with Crippen LogP contribution in [0, 0.1) is 13.8 Å². The van der Waals surface area contributed by atoms with Crippen molar-refractivity contribution >= 4 is 34.5 Å². The number of fused-ring (bicyclic) bond motifs is 1. The summed E-state index contributed by atoms with van der Waals surface area (Å²) in [5.74, 6) is 1.85. The lowest BCUT2D eigenvalue weighted by atomic mass is 9.94. The zero-order valence-electron chi connectivity index (χ0n) is 14.6. The van der Waals surface area contributed by atoms with Gasteiger partial charge >= 0.3 is 0 Å². The Balaban J connectivity index is 2.23. The molecule has 25 heavy (non-hydrogen) atoms. The number of ether oxygens (including phenoxy) is 1. The van der Waals surface area contributed by atoms with E-state index in [4.69, 9.17) is 33.7 Å². The smallest absolute Gasteiger partial charge is 0.158 e. The topological polar surface area (TPSA) is 65.4 Å². The van der Waals surface area contributed by atoms with Crippen LogP contribution in [-0.4, -0.2) is 21.0 Å². The summed E-state index contributed by atoms with van der Waals surface area (Å²) in [6.07, 6.45) is 3.44. The summed E-state index contributed by atoms with van der Waals surface area (Å²) >= 11 is 12.7. The van der Waals surface area contributed by atoms with Gasteiger partial charge in [0.25, 0.3) is 0 Å². The molecule has 0 bridgehead atoms. The molecular weight excluding hydrogens is 359 g/mol. The number of anilines is 1. The second kappa shape index (κ2) is 6.73. The van der Waals surface area contributed by atoms with Gasteiger partial charge in [0.05, 0.1) is 6.61 Å². The molecule has 1 aromatic carbocycles. The van der Waals surface area contributed by atoms with Gasteiger partial charge in [-0.3, -0.25) is 4.40 Å². The van der Waals surface area contributed by atoms with Crippen molar-refractivity contribution in [1.82, 2.24) is 14.4 Å². The highest BCUT2D eigenvalue weighted by molar-refractivity contribution is 6.33. The SMILES string of the molecule is CCOc1c(C(C)c2nc(Cl)c3c(N)nccn23)cc(Cl)c(C)c1C. The van der Waals surface area contributed by atoms with Gasteiger partial charge < -0.3 is 10.5 Å². The Kier molecular flexibility index (Phi) is 4.80. The Hall–Kier alpha value is -1.98. The molecule has 0 aliphatic carbocycles. The number of imidazole rings is 1. The molecule has 0 aliphatic rings. The molecule has 3 aromatic rings. The lowest BCUT2D eigenvalue weighted by Gasteiger charge is -2.20. The number of halogens is 2. The van der Waals surface area contributed by atoms with Crippen molar-refractivity contribution < 1.29 is 4.74 Å². The molecule has 7 heteroatoms. The molecule has 0 saturated carbocycles. The van der Waals surface area contributed by atoms with Crippen molar-refractivity contribution in [3.8, 4) is 5.75 Å². The second-order valence-corrected chi connectivity index (χ2v) is 6.74. The molecule has 0 aliphatic heterocycles. The van der Waals surface area contributed by atoms with Crippen LogP contribution in [0.25, 0.3) is 5.52 Å². The van der Waals surface area contributed by atoms with E-state index >= 15 is 0 Å². The van der Waals surface area contributed by atoms with Crippen LogP contribution in [0.5, 0.6) is 5.75 Å². The zero-order chi connectivity index (χ0) is 18.3. The minimum absolute atomic E-state index is 0.0971. The molecule has 2 aromatic heterocycles. The molecule has 3 rings (SSSR count). The Morgan fingerprint density at radius 2 is 2.00 bits per heavy atom. The summed E-state index contributed by atoms with van der Waals surface area (Å²) in [4.78, 5) is 8.61. The van der Waals surface area contributed by atoms with E-state index in [1.807, 2.05) is 38.2 Å². The number of nitrogens with zero attached hydrogens (tertiary/aromatic N) is 3. The summed E-state index contributed by atoms with van der Waals surface area (Å²) < 4.78 is 7.79. The lowest BCUT2D eigenvalue weighted by molar-refractivity contribution is 0.332. The third-order valence-electron chi connectivity index (χ3n) is 4.52. The fourth-order valence-corrected chi connectivity index (χ4v) is 3.55. The van der Waals surface area contributed by atoms with E-state index in [2.05, 4.69) is 9.97 Å². The van der Waals surface area contributed by atoms with Gasteiger partial charge in [-0.15, -0.1) is 0 Å². The van der Waals surface area contributed by atoms with Crippen LogP contribution in [0.2, 0.25) is 10.2 Å². The largest absolute Gasteiger partial charge is 0.493 e. The van der Waals surface area contributed by atoms with Gasteiger partial charge in [-0.25, -0.2) is 9.97 Å². The Morgan fingerprint density at radius 3 is 2.68 bits per heavy atom. The molecule has 0 amide bonds. The Labute approximate surface area is 156 Å². The first-order valence-corrected chi connectivity index (χ1v) is 8.82. The second-order valence-electron chi connectivity index (χ2n) is 5.97. The Morgan fingerprint density at radius 1 is 1.28 bits per heavy atom. The summed E-state index contributed by atoms with van der Waals surface area (Å²) in [6, 6.07) is 1.94. The fourth-order valence-electron chi connectivity index (χ4n) is 3.02. The first-order chi connectivity index (χ1) is 11.9. The number of hydrogen-bond acceptors (Lipinski definition) is 4. The van der Waals surface area contributed by atoms with Gasteiger partial charge in [0, 0.05) is 28.9 Å². The molecule has 132 valence electrons. The molecule has 0 saturated heterocycles. The van der Waals surface area contributed by atoms with Gasteiger partial charge in [-0.1, -0.05) is 30.1 Å². The molecule has 0 spiro atoms. The van der Waals surface area contributed by atoms with Crippen molar-refractivity contribution in [2.45, 2.75) is 33.6 Å². The fraction of sp³-hybridized carbons (Fsp3) is 0.333. The summed E-state index contributed by atoms with van der Waals surface area (Å²) in [6.45, 7) is 8.59. The Bertz CT molecular complexity index is 952. The third-order valence-corrected chi connectivity index (χ3v) is 5.17. The molecule has 0 radical (unpaired) electrons. The highest BCUT2D eigenvalue weighted by atomic mass is 35.5. The maximum atomic E-state index is 6.43. The standard InChI is InChI=1S/C18H20Cl2N4O/c1-5-25-15-10(3)9(2)13(19)8-12(15)11(4)18-23-16(20)14-17(21)22-6-7-24(14)18/h6-8,11H,5H2,1-4H3,(H2,21,22). The summed E-state index contributed by atoms with van der Waals surface area (Å²) in [5, 5.41) is 1.04. The quantitative estimate of drug-likeness (QED) is 0.708. The maximum absolute atomic E-state index is 6.43. The zero-order valence-corrected chi connectivity index (χ0v) is 16.1. The first-order valence-electron chi connectivity index (χ1n) is 8.07. The van der Waals surface area contributed by atoms with Crippen LogP contribution in [-0.2, 0) is 0 Å². The van der Waals surface area contributed by atoms with E-state index in [1.54, 1.807) is 12.4 Å². The van der Waals surface area contributed by atoms with E-state index in [0.29, 0.717) is 28.1 Å². The van der Waals surface area contributed by atoms with Crippen LogP contribution in [0.4, 0.5) is 5.82 Å². The number of rotatable bonds is 4. The number of benzene rings is 1. The normalized spacial score (nSPS) is 12.6. The predicted molar refractivity (Wildman–Crippen MR) is 102 cm³/mol. The highest BCUT2D eigenvalue weighted by Gasteiger charge is 2.24. The van der Waals surface area contributed by atoms with Crippen molar-refractivity contribution in [2.75, 3.05) is 12.3 Å². The first kappa shape index (κ1) is 17.8. The number of hydrogen-bond donors (Lipinski definition) is 1. The van der Waals surface area contributed by atoms with Gasteiger partial charge in [0.15, 0.2) is 11.0 Å².